The lowest BCUT2D eigenvalue weighted by Gasteiger charge is -2.11. The van der Waals surface area contributed by atoms with Crippen molar-refractivity contribution in [2.45, 2.75) is 10.9 Å². The Hall–Kier alpha value is -3.13. The van der Waals surface area contributed by atoms with Crippen LogP contribution in [0.2, 0.25) is 10.0 Å². The fourth-order valence-corrected chi connectivity index (χ4v) is 4.67. The van der Waals surface area contributed by atoms with E-state index in [4.69, 9.17) is 23.2 Å². The van der Waals surface area contributed by atoms with Gasteiger partial charge in [0.25, 0.3) is 5.56 Å². The van der Waals surface area contributed by atoms with E-state index in [2.05, 4.69) is 15.2 Å². The quantitative estimate of drug-likeness (QED) is 0.309. The predicted octanol–water partition coefficient (Wildman–Crippen LogP) is 5.54. The number of thioether (sulfide) groups is 1. The minimum Gasteiger partial charge on any atom is -0.270 e. The zero-order valence-corrected chi connectivity index (χ0v) is 18.8. The molecule has 6 nitrogen and oxygen atoms in total. The van der Waals surface area contributed by atoms with Crippen molar-refractivity contribution in [1.82, 2.24) is 24.1 Å². The monoisotopic (exact) mass is 479 g/mol. The van der Waals surface area contributed by atoms with Crippen molar-refractivity contribution in [2.24, 2.45) is 0 Å². The standard InChI is InChI=1S/C23H15Cl2N5OS/c24-15-9-10-18(19(25)12-15)22-27-28-23(30(22)17-6-2-1-3-7-17)32-14-16-13-21(31)29-11-5-4-8-20(29)26-16/h1-13H,14H2. The first kappa shape index (κ1) is 20.8. The van der Waals surface area contributed by atoms with Crippen molar-refractivity contribution in [3.8, 4) is 17.1 Å². The summed E-state index contributed by atoms with van der Waals surface area (Å²) in [6, 6.07) is 22.1. The summed E-state index contributed by atoms with van der Waals surface area (Å²) in [5.74, 6) is 1.06. The fraction of sp³-hybridized carbons (Fsp3) is 0.0435. The molecule has 0 saturated heterocycles. The molecule has 158 valence electrons. The molecule has 0 amide bonds. The summed E-state index contributed by atoms with van der Waals surface area (Å²) in [6.45, 7) is 0. The van der Waals surface area contributed by atoms with Gasteiger partial charge in [0.2, 0.25) is 0 Å². The number of fused-ring (bicyclic) bond motifs is 1. The molecule has 9 heteroatoms. The molecule has 0 radical (unpaired) electrons. The Labute approximate surface area is 197 Å². The second-order valence-corrected chi connectivity index (χ2v) is 8.69. The second kappa shape index (κ2) is 8.78. The smallest absolute Gasteiger partial charge is 0.258 e. The maximum atomic E-state index is 12.4. The Bertz CT molecular complexity index is 1480. The van der Waals surface area contributed by atoms with Gasteiger partial charge < -0.3 is 0 Å². The summed E-state index contributed by atoms with van der Waals surface area (Å²) in [6.07, 6.45) is 1.70. The van der Waals surface area contributed by atoms with Gasteiger partial charge >= 0.3 is 0 Å². The summed E-state index contributed by atoms with van der Waals surface area (Å²) in [4.78, 5) is 17.0. The van der Waals surface area contributed by atoms with E-state index in [1.807, 2.05) is 53.1 Å². The van der Waals surface area contributed by atoms with Gasteiger partial charge in [0, 0.05) is 34.3 Å². The molecule has 0 spiro atoms. The first-order chi connectivity index (χ1) is 15.6. The summed E-state index contributed by atoms with van der Waals surface area (Å²) >= 11 is 14.0. The van der Waals surface area contributed by atoms with Crippen LogP contribution in [0.1, 0.15) is 5.69 Å². The van der Waals surface area contributed by atoms with E-state index < -0.39 is 0 Å². The number of pyridine rings is 1. The number of aromatic nitrogens is 5. The second-order valence-electron chi connectivity index (χ2n) is 6.90. The van der Waals surface area contributed by atoms with Gasteiger partial charge in [-0.25, -0.2) is 4.98 Å². The largest absolute Gasteiger partial charge is 0.270 e. The van der Waals surface area contributed by atoms with Crippen molar-refractivity contribution in [3.63, 3.8) is 0 Å². The third-order valence-electron chi connectivity index (χ3n) is 4.79. The molecular formula is C23H15Cl2N5OS. The van der Waals surface area contributed by atoms with E-state index >= 15 is 0 Å². The SMILES string of the molecule is O=c1cc(CSc2nnc(-c3ccc(Cl)cc3Cl)n2-c2ccccc2)nc2ccccn12. The molecule has 0 N–H and O–H groups in total. The molecule has 0 unspecified atom stereocenters. The molecule has 0 fully saturated rings. The van der Waals surface area contributed by atoms with Crippen molar-refractivity contribution >= 4 is 40.6 Å². The third-order valence-corrected chi connectivity index (χ3v) is 6.30. The van der Waals surface area contributed by atoms with E-state index in [0.717, 1.165) is 11.3 Å². The van der Waals surface area contributed by atoms with Gasteiger partial charge in [0.15, 0.2) is 11.0 Å². The molecule has 5 aromatic rings. The van der Waals surface area contributed by atoms with Gasteiger partial charge in [0.05, 0.1) is 10.7 Å². The number of nitrogens with zero attached hydrogens (tertiary/aromatic N) is 5. The minimum atomic E-state index is -0.121. The van der Waals surface area contributed by atoms with Crippen molar-refractivity contribution < 1.29 is 0 Å². The topological polar surface area (TPSA) is 65.1 Å². The number of halogens is 2. The number of rotatable bonds is 5. The molecule has 0 aliphatic heterocycles. The Morgan fingerprint density at radius 2 is 1.72 bits per heavy atom. The molecule has 3 heterocycles. The minimum absolute atomic E-state index is 0.121. The van der Waals surface area contributed by atoms with E-state index in [-0.39, 0.29) is 5.56 Å². The predicted molar refractivity (Wildman–Crippen MR) is 128 cm³/mol. The van der Waals surface area contributed by atoms with Crippen LogP contribution in [0.5, 0.6) is 0 Å². The van der Waals surface area contributed by atoms with Crippen LogP contribution in [0.3, 0.4) is 0 Å². The average molecular weight is 480 g/mol. The highest BCUT2D eigenvalue weighted by Gasteiger charge is 2.19. The molecule has 2 aromatic carbocycles. The normalized spacial score (nSPS) is 11.2. The Morgan fingerprint density at radius 1 is 0.906 bits per heavy atom. The van der Waals surface area contributed by atoms with Crippen LogP contribution >= 0.6 is 35.0 Å². The van der Waals surface area contributed by atoms with Crippen LogP contribution in [0.25, 0.3) is 22.7 Å². The van der Waals surface area contributed by atoms with Crippen LogP contribution < -0.4 is 5.56 Å². The molecule has 0 saturated carbocycles. The molecular weight excluding hydrogens is 465 g/mol. The molecule has 0 aliphatic rings. The van der Waals surface area contributed by atoms with Gasteiger partial charge in [0.1, 0.15) is 5.65 Å². The maximum Gasteiger partial charge on any atom is 0.258 e. The van der Waals surface area contributed by atoms with Gasteiger partial charge in [-0.1, -0.05) is 59.2 Å². The van der Waals surface area contributed by atoms with Crippen LogP contribution in [0, 0.1) is 0 Å². The van der Waals surface area contributed by atoms with E-state index in [0.29, 0.717) is 38.1 Å². The highest BCUT2D eigenvalue weighted by Crippen LogP contribution is 2.34. The summed E-state index contributed by atoms with van der Waals surface area (Å²) in [5, 5.41) is 10.5. The summed E-state index contributed by atoms with van der Waals surface area (Å²) in [5.41, 5.74) is 2.77. The van der Waals surface area contributed by atoms with E-state index in [1.165, 1.54) is 16.2 Å². The molecule has 5 rings (SSSR count). The van der Waals surface area contributed by atoms with E-state index in [9.17, 15) is 4.79 Å². The van der Waals surface area contributed by atoms with Crippen LogP contribution in [-0.2, 0) is 5.75 Å². The zero-order chi connectivity index (χ0) is 22.1. The molecule has 32 heavy (non-hydrogen) atoms. The Balaban J connectivity index is 1.55. The number of hydrogen-bond donors (Lipinski definition) is 0. The first-order valence-electron chi connectivity index (χ1n) is 9.66. The molecule has 0 bridgehead atoms. The number of para-hydroxylation sites is 1. The molecule has 3 aromatic heterocycles. The number of benzene rings is 2. The first-order valence-corrected chi connectivity index (χ1v) is 11.4. The van der Waals surface area contributed by atoms with Crippen molar-refractivity contribution in [2.75, 3.05) is 0 Å². The Kier molecular flexibility index (Phi) is 5.70. The van der Waals surface area contributed by atoms with Gasteiger partial charge in [-0.05, 0) is 42.5 Å². The lowest BCUT2D eigenvalue weighted by atomic mass is 10.2. The zero-order valence-electron chi connectivity index (χ0n) is 16.5. The lowest BCUT2D eigenvalue weighted by Crippen LogP contribution is -2.14. The van der Waals surface area contributed by atoms with Crippen LogP contribution in [0.4, 0.5) is 0 Å². The Morgan fingerprint density at radius 3 is 2.53 bits per heavy atom. The maximum absolute atomic E-state index is 12.4. The average Bonchev–Trinajstić information content (AvgIpc) is 3.22. The van der Waals surface area contributed by atoms with Gasteiger partial charge in [-0.15, -0.1) is 10.2 Å². The van der Waals surface area contributed by atoms with Crippen LogP contribution in [0.15, 0.2) is 88.9 Å². The number of hydrogen-bond acceptors (Lipinski definition) is 5. The fourth-order valence-electron chi connectivity index (χ4n) is 3.33. The summed E-state index contributed by atoms with van der Waals surface area (Å²) in [7, 11) is 0. The van der Waals surface area contributed by atoms with Crippen molar-refractivity contribution in [3.05, 3.63) is 105 Å². The third kappa shape index (κ3) is 4.02. The molecule has 0 aliphatic carbocycles. The lowest BCUT2D eigenvalue weighted by molar-refractivity contribution is 0.884. The van der Waals surface area contributed by atoms with Crippen molar-refractivity contribution in [1.29, 1.82) is 0 Å². The summed E-state index contributed by atoms with van der Waals surface area (Å²) < 4.78 is 3.45. The highest BCUT2D eigenvalue weighted by atomic mass is 35.5. The highest BCUT2D eigenvalue weighted by molar-refractivity contribution is 7.98. The van der Waals surface area contributed by atoms with Crippen LogP contribution in [-0.4, -0.2) is 24.1 Å². The van der Waals surface area contributed by atoms with Gasteiger partial charge in [-0.2, -0.15) is 0 Å². The van der Waals surface area contributed by atoms with E-state index in [1.54, 1.807) is 30.5 Å². The van der Waals surface area contributed by atoms with Gasteiger partial charge in [-0.3, -0.25) is 13.8 Å². The molecule has 0 atom stereocenters.